The van der Waals surface area contributed by atoms with E-state index in [9.17, 15) is 53.4 Å². The molecule has 1 rings (SSSR count). The number of aliphatic hydroxyl groups is 1. The summed E-state index contributed by atoms with van der Waals surface area (Å²) in [6.45, 7) is 1.20. The molecule has 0 bridgehead atoms. The highest BCUT2D eigenvalue weighted by atomic mass is 32.2. The molecule has 1 atom stereocenters. The number of sulfone groups is 1. The highest BCUT2D eigenvalue weighted by Crippen LogP contribution is 2.39. The number of nitrogens with one attached hydrogen (secondary N) is 1. The van der Waals surface area contributed by atoms with E-state index >= 15 is 0 Å². The van der Waals surface area contributed by atoms with Gasteiger partial charge < -0.3 is 10.4 Å². The van der Waals surface area contributed by atoms with Crippen LogP contribution in [0.2, 0.25) is 0 Å². The number of halogens is 8. The molecule has 0 aliphatic rings. The number of unbranched alkanes of at least 4 members (excludes halogenated alkanes) is 5. The van der Waals surface area contributed by atoms with Gasteiger partial charge in [-0.25, -0.2) is 8.42 Å². The summed E-state index contributed by atoms with van der Waals surface area (Å²) in [5.41, 5.74) is -3.98. The SMILES string of the molecule is C[C@](O)(CCCCCCCCS(=O)(=O)CCCC(F)(F)C(F)(F)F)C(=O)Nc1ccc(C#N)c(C(F)(F)F)c1. The van der Waals surface area contributed by atoms with Gasteiger partial charge >= 0.3 is 18.3 Å². The third-order valence-corrected chi connectivity index (χ3v) is 7.74. The molecule has 1 aromatic rings. The van der Waals surface area contributed by atoms with Crippen LogP contribution in [0.5, 0.6) is 0 Å². The Labute approximate surface area is 221 Å². The Morgan fingerprint density at radius 2 is 1.44 bits per heavy atom. The highest BCUT2D eigenvalue weighted by molar-refractivity contribution is 7.91. The second-order valence-electron chi connectivity index (χ2n) is 9.43. The van der Waals surface area contributed by atoms with Crippen molar-refractivity contribution in [3.8, 4) is 6.07 Å². The van der Waals surface area contributed by atoms with Crippen LogP contribution in [0.15, 0.2) is 18.2 Å². The van der Waals surface area contributed by atoms with Crippen LogP contribution < -0.4 is 5.32 Å². The topological polar surface area (TPSA) is 107 Å². The number of hydrogen-bond acceptors (Lipinski definition) is 5. The first-order valence-corrected chi connectivity index (χ1v) is 13.8. The first kappa shape index (κ1) is 34.6. The van der Waals surface area contributed by atoms with Gasteiger partial charge in [0.15, 0.2) is 0 Å². The van der Waals surface area contributed by atoms with E-state index < -0.39 is 69.3 Å². The predicted octanol–water partition coefficient (Wildman–Crippen LogP) is 6.39. The van der Waals surface area contributed by atoms with E-state index in [1.807, 2.05) is 0 Å². The molecule has 6 nitrogen and oxygen atoms in total. The molecule has 0 spiro atoms. The number of benzene rings is 1. The molecule has 0 fully saturated rings. The lowest BCUT2D eigenvalue weighted by Gasteiger charge is -2.22. The molecular weight excluding hydrogens is 564 g/mol. The quantitative estimate of drug-likeness (QED) is 0.181. The second-order valence-corrected chi connectivity index (χ2v) is 11.7. The highest BCUT2D eigenvalue weighted by Gasteiger charge is 2.56. The van der Waals surface area contributed by atoms with Crippen LogP contribution >= 0.6 is 0 Å². The first-order chi connectivity index (χ1) is 17.7. The van der Waals surface area contributed by atoms with Gasteiger partial charge in [0.1, 0.15) is 15.4 Å². The van der Waals surface area contributed by atoms with E-state index in [1.54, 1.807) is 0 Å². The molecule has 0 heterocycles. The van der Waals surface area contributed by atoms with Crippen molar-refractivity contribution in [1.82, 2.24) is 0 Å². The molecule has 0 saturated heterocycles. The van der Waals surface area contributed by atoms with Gasteiger partial charge in [-0.05, 0) is 44.4 Å². The van der Waals surface area contributed by atoms with Crippen LogP contribution in [-0.4, -0.2) is 48.6 Å². The van der Waals surface area contributed by atoms with Gasteiger partial charge in [0.2, 0.25) is 0 Å². The Morgan fingerprint density at radius 3 is 1.97 bits per heavy atom. The van der Waals surface area contributed by atoms with Crippen molar-refractivity contribution in [1.29, 1.82) is 5.26 Å². The van der Waals surface area contributed by atoms with Crippen LogP contribution in [0, 0.1) is 11.3 Å². The van der Waals surface area contributed by atoms with Crippen LogP contribution in [0.1, 0.15) is 75.8 Å². The van der Waals surface area contributed by atoms with Crippen molar-refractivity contribution in [2.24, 2.45) is 0 Å². The third kappa shape index (κ3) is 11.7. The zero-order valence-corrected chi connectivity index (χ0v) is 21.9. The van der Waals surface area contributed by atoms with E-state index in [2.05, 4.69) is 5.32 Å². The van der Waals surface area contributed by atoms with Crippen molar-refractivity contribution < 1.29 is 53.4 Å². The molecule has 0 aromatic heterocycles. The van der Waals surface area contributed by atoms with Crippen molar-refractivity contribution in [3.05, 3.63) is 29.3 Å². The first-order valence-electron chi connectivity index (χ1n) is 12.0. The fourth-order valence-corrected chi connectivity index (χ4v) is 5.02. The Morgan fingerprint density at radius 1 is 0.897 bits per heavy atom. The Kier molecular flexibility index (Phi) is 12.2. The summed E-state index contributed by atoms with van der Waals surface area (Å²) in [7, 11) is -3.77. The van der Waals surface area contributed by atoms with E-state index in [4.69, 9.17) is 5.26 Å². The summed E-state index contributed by atoms with van der Waals surface area (Å²) in [4.78, 5) is 12.4. The normalized spacial score (nSPS) is 14.5. The molecule has 0 unspecified atom stereocenters. The summed E-state index contributed by atoms with van der Waals surface area (Å²) in [6, 6.07) is 4.04. The molecule has 1 amide bonds. The summed E-state index contributed by atoms with van der Waals surface area (Å²) < 4.78 is 125. The average molecular weight is 595 g/mol. The van der Waals surface area contributed by atoms with Gasteiger partial charge in [0.05, 0.1) is 28.7 Å². The minimum absolute atomic E-state index is 0.0157. The lowest BCUT2D eigenvalue weighted by molar-refractivity contribution is -0.284. The number of nitriles is 1. The molecule has 0 radical (unpaired) electrons. The van der Waals surface area contributed by atoms with Crippen LogP contribution in [0.3, 0.4) is 0 Å². The molecular formula is C24H30F8N2O4S. The minimum atomic E-state index is -5.72. The third-order valence-electron chi connectivity index (χ3n) is 5.92. The van der Waals surface area contributed by atoms with Gasteiger partial charge in [-0.1, -0.05) is 32.1 Å². The standard InChI is InChI=1S/C24H30F8N2O4S/c1-21(36,20(35)34-18-10-9-17(16-33)19(15-18)23(27,28)29)11-6-4-2-3-5-7-13-39(37,38)14-8-12-22(25,26)24(30,31)32/h9-10,15,36H,2-8,11-14H2,1H3,(H,34,35)/t21-/m0/s1. The lowest BCUT2D eigenvalue weighted by Crippen LogP contribution is -2.40. The van der Waals surface area contributed by atoms with Crippen molar-refractivity contribution in [3.63, 3.8) is 0 Å². The summed E-state index contributed by atoms with van der Waals surface area (Å²) in [5, 5.41) is 21.4. The zero-order chi connectivity index (χ0) is 30.1. The molecule has 1 aromatic carbocycles. The van der Waals surface area contributed by atoms with E-state index in [0.29, 0.717) is 38.2 Å². The van der Waals surface area contributed by atoms with Crippen molar-refractivity contribution in [2.45, 2.75) is 88.6 Å². The van der Waals surface area contributed by atoms with E-state index in [0.717, 1.165) is 12.1 Å². The predicted molar refractivity (Wildman–Crippen MR) is 127 cm³/mol. The number of amides is 1. The Balaban J connectivity index is 2.35. The zero-order valence-electron chi connectivity index (χ0n) is 21.1. The molecule has 222 valence electrons. The largest absolute Gasteiger partial charge is 0.453 e. The number of alkyl halides is 8. The molecule has 0 saturated carbocycles. The Bertz CT molecular complexity index is 1110. The fourth-order valence-electron chi connectivity index (χ4n) is 3.59. The summed E-state index contributed by atoms with van der Waals surface area (Å²) in [5.74, 6) is -6.98. The lowest BCUT2D eigenvalue weighted by atomic mass is 9.96. The van der Waals surface area contributed by atoms with Gasteiger partial charge in [0, 0.05) is 12.1 Å². The van der Waals surface area contributed by atoms with Crippen molar-refractivity contribution in [2.75, 3.05) is 16.8 Å². The van der Waals surface area contributed by atoms with Gasteiger partial charge in [-0.15, -0.1) is 0 Å². The summed E-state index contributed by atoms with van der Waals surface area (Å²) >= 11 is 0. The van der Waals surface area contributed by atoms with Gasteiger partial charge in [-0.3, -0.25) is 4.79 Å². The van der Waals surface area contributed by atoms with E-state index in [1.165, 1.54) is 13.0 Å². The molecule has 2 N–H and O–H groups in total. The number of carbonyl (C=O) groups excluding carboxylic acids is 1. The van der Waals surface area contributed by atoms with Gasteiger partial charge in [-0.2, -0.15) is 40.4 Å². The van der Waals surface area contributed by atoms with Crippen LogP contribution in [0.4, 0.5) is 40.8 Å². The maximum Gasteiger partial charge on any atom is 0.453 e. The second kappa shape index (κ2) is 13.7. The van der Waals surface area contributed by atoms with E-state index in [-0.39, 0.29) is 24.3 Å². The number of carbonyl (C=O) groups is 1. The average Bonchev–Trinajstić information content (AvgIpc) is 2.79. The molecule has 0 aliphatic carbocycles. The van der Waals surface area contributed by atoms with Crippen molar-refractivity contribution >= 4 is 21.4 Å². The van der Waals surface area contributed by atoms with Crippen LogP contribution in [-0.2, 0) is 20.8 Å². The van der Waals surface area contributed by atoms with Gasteiger partial charge in [0.25, 0.3) is 5.91 Å². The van der Waals surface area contributed by atoms with Crippen LogP contribution in [0.25, 0.3) is 0 Å². The molecule has 39 heavy (non-hydrogen) atoms. The number of anilines is 1. The Hall–Kier alpha value is -2.47. The number of hydrogen-bond donors (Lipinski definition) is 2. The maximum atomic E-state index is 13.1. The fraction of sp³-hybridized carbons (Fsp3) is 0.667. The maximum absolute atomic E-state index is 13.1. The number of rotatable bonds is 15. The molecule has 0 aliphatic heterocycles. The smallest absolute Gasteiger partial charge is 0.380 e. The monoisotopic (exact) mass is 594 g/mol. The number of nitrogens with zero attached hydrogens (tertiary/aromatic N) is 1. The minimum Gasteiger partial charge on any atom is -0.380 e. The summed E-state index contributed by atoms with van der Waals surface area (Å²) in [6.07, 6.45) is -10.2. The molecule has 15 heteroatoms.